The number of nitrogens with one attached hydrogen (secondary N) is 1. The zero-order valence-electron chi connectivity index (χ0n) is 15.3. The van der Waals surface area contributed by atoms with Crippen molar-refractivity contribution in [2.75, 3.05) is 11.1 Å². The van der Waals surface area contributed by atoms with Gasteiger partial charge in [0, 0.05) is 22.9 Å². The van der Waals surface area contributed by atoms with E-state index in [4.69, 9.17) is 0 Å². The highest BCUT2D eigenvalue weighted by atomic mass is 32.2. The van der Waals surface area contributed by atoms with E-state index in [0.29, 0.717) is 11.0 Å². The number of thioether (sulfide) groups is 1. The first-order valence-electron chi connectivity index (χ1n) is 9.00. The third kappa shape index (κ3) is 4.22. The molecule has 1 saturated carbocycles. The molecule has 0 spiro atoms. The molecule has 4 rings (SSSR count). The van der Waals surface area contributed by atoms with Crippen molar-refractivity contribution >= 4 is 34.1 Å². The van der Waals surface area contributed by atoms with Gasteiger partial charge < -0.3 is 9.88 Å². The van der Waals surface area contributed by atoms with Crippen LogP contribution in [0.5, 0.6) is 0 Å². The molecule has 27 heavy (non-hydrogen) atoms. The Morgan fingerprint density at radius 1 is 1.30 bits per heavy atom. The van der Waals surface area contributed by atoms with Crippen LogP contribution in [0.15, 0.2) is 40.9 Å². The van der Waals surface area contributed by atoms with E-state index in [2.05, 4.69) is 38.9 Å². The van der Waals surface area contributed by atoms with Crippen molar-refractivity contribution in [1.29, 1.82) is 0 Å². The Morgan fingerprint density at radius 2 is 2.07 bits per heavy atom. The highest BCUT2D eigenvalue weighted by molar-refractivity contribution is 7.99. The van der Waals surface area contributed by atoms with Crippen molar-refractivity contribution < 1.29 is 4.79 Å². The van der Waals surface area contributed by atoms with Crippen molar-refractivity contribution in [3.05, 3.63) is 41.5 Å². The maximum Gasteiger partial charge on any atom is 0.236 e. The van der Waals surface area contributed by atoms with Gasteiger partial charge in [0.1, 0.15) is 5.82 Å². The fraction of sp³-hybridized carbons (Fsp3) is 0.368. The van der Waals surface area contributed by atoms with Gasteiger partial charge in [-0.25, -0.2) is 4.98 Å². The van der Waals surface area contributed by atoms with Gasteiger partial charge in [0.2, 0.25) is 5.91 Å². The molecule has 1 N–H and O–H groups in total. The lowest BCUT2D eigenvalue weighted by Crippen LogP contribution is -2.15. The molecule has 0 aliphatic heterocycles. The number of aromatic nitrogens is 4. The number of hydrogen-bond donors (Lipinski definition) is 1. The molecule has 8 heteroatoms. The molecule has 0 unspecified atom stereocenters. The van der Waals surface area contributed by atoms with E-state index in [9.17, 15) is 4.79 Å². The Morgan fingerprint density at radius 3 is 2.78 bits per heavy atom. The van der Waals surface area contributed by atoms with Crippen molar-refractivity contribution in [2.24, 2.45) is 0 Å². The first-order chi connectivity index (χ1) is 13.1. The standard InChI is InChI=1S/C19H21N5OS2/c1-12(2)24-17(14-8-9-14)22-23-19(24)27-11-16(25)21-18-20-15(10-26-18)13-6-4-3-5-7-13/h3-7,10,12,14H,8-9,11H2,1-2H3,(H,20,21,25). The van der Waals surface area contributed by atoms with Gasteiger partial charge in [-0.15, -0.1) is 21.5 Å². The van der Waals surface area contributed by atoms with Crippen LogP contribution in [0.3, 0.4) is 0 Å². The molecule has 1 aliphatic rings. The highest BCUT2D eigenvalue weighted by Crippen LogP contribution is 2.41. The molecular formula is C19H21N5OS2. The van der Waals surface area contributed by atoms with E-state index in [1.54, 1.807) is 0 Å². The van der Waals surface area contributed by atoms with Gasteiger partial charge in [0.25, 0.3) is 0 Å². The van der Waals surface area contributed by atoms with Crippen LogP contribution in [0.2, 0.25) is 0 Å². The largest absolute Gasteiger partial charge is 0.303 e. The summed E-state index contributed by atoms with van der Waals surface area (Å²) in [4.78, 5) is 16.8. The third-order valence-corrected chi connectivity index (χ3v) is 6.00. The molecule has 0 radical (unpaired) electrons. The summed E-state index contributed by atoms with van der Waals surface area (Å²) in [5.74, 6) is 1.80. The van der Waals surface area contributed by atoms with Crippen LogP contribution in [-0.2, 0) is 4.79 Å². The number of amides is 1. The van der Waals surface area contributed by atoms with Gasteiger partial charge in [-0.1, -0.05) is 42.1 Å². The third-order valence-electron chi connectivity index (χ3n) is 4.30. The Hall–Kier alpha value is -2.19. The van der Waals surface area contributed by atoms with Gasteiger partial charge in [0.15, 0.2) is 10.3 Å². The second-order valence-electron chi connectivity index (χ2n) is 6.82. The van der Waals surface area contributed by atoms with Crippen LogP contribution in [0.25, 0.3) is 11.3 Å². The van der Waals surface area contributed by atoms with Crippen molar-refractivity contribution in [3.63, 3.8) is 0 Å². The molecule has 6 nitrogen and oxygen atoms in total. The number of carbonyl (C=O) groups excluding carboxylic acids is 1. The number of thiazole rings is 1. The second kappa shape index (κ2) is 7.82. The van der Waals surface area contributed by atoms with Gasteiger partial charge in [-0.05, 0) is 26.7 Å². The smallest absolute Gasteiger partial charge is 0.236 e. The molecule has 1 amide bonds. The predicted octanol–water partition coefficient (Wildman–Crippen LogP) is 4.59. The molecule has 0 bridgehead atoms. The van der Waals surface area contributed by atoms with Crippen LogP contribution in [-0.4, -0.2) is 31.4 Å². The van der Waals surface area contributed by atoms with Gasteiger partial charge >= 0.3 is 0 Å². The van der Waals surface area contributed by atoms with Gasteiger partial charge in [-0.2, -0.15) is 0 Å². The lowest BCUT2D eigenvalue weighted by Gasteiger charge is -2.13. The maximum absolute atomic E-state index is 12.3. The molecule has 1 aliphatic carbocycles. The van der Waals surface area contributed by atoms with Crippen LogP contribution < -0.4 is 5.32 Å². The summed E-state index contributed by atoms with van der Waals surface area (Å²) in [5, 5.41) is 14.9. The Labute approximate surface area is 166 Å². The zero-order valence-corrected chi connectivity index (χ0v) is 16.9. The molecule has 0 saturated heterocycles. The summed E-state index contributed by atoms with van der Waals surface area (Å²) < 4.78 is 2.16. The minimum Gasteiger partial charge on any atom is -0.303 e. The van der Waals surface area contributed by atoms with Crippen LogP contribution >= 0.6 is 23.1 Å². The summed E-state index contributed by atoms with van der Waals surface area (Å²) in [7, 11) is 0. The second-order valence-corrected chi connectivity index (χ2v) is 8.62. The van der Waals surface area contributed by atoms with E-state index < -0.39 is 0 Å². The molecule has 3 aromatic rings. The van der Waals surface area contributed by atoms with Crippen molar-refractivity contribution in [2.45, 2.75) is 43.8 Å². The van der Waals surface area contributed by atoms with E-state index in [0.717, 1.165) is 22.2 Å². The van der Waals surface area contributed by atoms with Crippen LogP contribution in [0.4, 0.5) is 5.13 Å². The van der Waals surface area contributed by atoms with E-state index in [1.807, 2.05) is 35.7 Å². The topological polar surface area (TPSA) is 72.7 Å². The fourth-order valence-corrected chi connectivity index (χ4v) is 4.46. The van der Waals surface area contributed by atoms with Gasteiger partial charge in [0.05, 0.1) is 11.4 Å². The quantitative estimate of drug-likeness (QED) is 0.588. The minimum absolute atomic E-state index is 0.0831. The maximum atomic E-state index is 12.3. The first kappa shape index (κ1) is 18.2. The van der Waals surface area contributed by atoms with E-state index >= 15 is 0 Å². The molecule has 0 atom stereocenters. The molecule has 140 valence electrons. The van der Waals surface area contributed by atoms with Crippen LogP contribution in [0, 0.1) is 0 Å². The lowest BCUT2D eigenvalue weighted by atomic mass is 10.2. The molecule has 2 aromatic heterocycles. The van der Waals surface area contributed by atoms with Crippen LogP contribution in [0.1, 0.15) is 44.5 Å². The number of carbonyl (C=O) groups is 1. The van der Waals surface area contributed by atoms with Crippen molar-refractivity contribution in [1.82, 2.24) is 19.7 Å². The number of hydrogen-bond acceptors (Lipinski definition) is 6. The van der Waals surface area contributed by atoms with E-state index in [1.165, 1.54) is 35.9 Å². The lowest BCUT2D eigenvalue weighted by molar-refractivity contribution is -0.113. The summed E-state index contributed by atoms with van der Waals surface area (Å²) in [6, 6.07) is 10.2. The van der Waals surface area contributed by atoms with E-state index in [-0.39, 0.29) is 17.7 Å². The first-order valence-corrected chi connectivity index (χ1v) is 10.9. The normalized spacial score (nSPS) is 13.9. The summed E-state index contributed by atoms with van der Waals surface area (Å²) in [6.45, 7) is 4.25. The summed E-state index contributed by atoms with van der Waals surface area (Å²) >= 11 is 2.86. The highest BCUT2D eigenvalue weighted by Gasteiger charge is 2.31. The summed E-state index contributed by atoms with van der Waals surface area (Å²) in [5.41, 5.74) is 1.92. The Bertz CT molecular complexity index is 931. The Balaban J connectivity index is 1.37. The van der Waals surface area contributed by atoms with Gasteiger partial charge in [-0.3, -0.25) is 4.79 Å². The average molecular weight is 400 g/mol. The number of benzene rings is 1. The number of nitrogens with zero attached hydrogens (tertiary/aromatic N) is 4. The molecule has 1 aromatic carbocycles. The number of rotatable bonds is 7. The molecular weight excluding hydrogens is 378 g/mol. The molecule has 1 fully saturated rings. The predicted molar refractivity (Wildman–Crippen MR) is 109 cm³/mol. The Kier molecular flexibility index (Phi) is 5.27. The summed E-state index contributed by atoms with van der Waals surface area (Å²) in [6.07, 6.45) is 2.37. The monoisotopic (exact) mass is 399 g/mol. The molecule has 2 heterocycles. The zero-order chi connectivity index (χ0) is 18.8. The number of anilines is 1. The SMILES string of the molecule is CC(C)n1c(SCC(=O)Nc2nc(-c3ccccc3)cs2)nnc1C1CC1. The fourth-order valence-electron chi connectivity index (χ4n) is 2.85. The minimum atomic E-state index is -0.0831. The average Bonchev–Trinajstić information content (AvgIpc) is 3.25. The van der Waals surface area contributed by atoms with Crippen molar-refractivity contribution in [3.8, 4) is 11.3 Å².